The van der Waals surface area contributed by atoms with E-state index in [2.05, 4.69) is 0 Å². The second kappa shape index (κ2) is 5.44. The largest absolute Gasteiger partial charge is 0.452 e. The highest BCUT2D eigenvalue weighted by atomic mass is 35.5. The zero-order valence-electron chi connectivity index (χ0n) is 10.2. The third-order valence-corrected chi connectivity index (χ3v) is 3.32. The topological polar surface area (TPSA) is 53.8 Å². The Morgan fingerprint density at radius 1 is 1.44 bits per heavy atom. The van der Waals surface area contributed by atoms with Crippen LogP contribution in [0.15, 0.2) is 16.7 Å². The van der Waals surface area contributed by atoms with Crippen LogP contribution in [0.2, 0.25) is 5.22 Å². The van der Waals surface area contributed by atoms with Crippen molar-refractivity contribution in [1.82, 2.24) is 9.80 Å². The number of furan rings is 1. The van der Waals surface area contributed by atoms with Crippen molar-refractivity contribution in [2.75, 3.05) is 26.7 Å². The number of halogens is 1. The number of rotatable bonds is 3. The predicted molar refractivity (Wildman–Crippen MR) is 66.5 cm³/mol. The van der Waals surface area contributed by atoms with Crippen molar-refractivity contribution in [2.45, 2.75) is 12.8 Å². The second-order valence-electron chi connectivity index (χ2n) is 4.36. The van der Waals surface area contributed by atoms with Crippen LogP contribution in [0.25, 0.3) is 0 Å². The van der Waals surface area contributed by atoms with Crippen LogP contribution in [0, 0.1) is 0 Å². The molecule has 0 radical (unpaired) electrons. The molecule has 1 aromatic rings. The summed E-state index contributed by atoms with van der Waals surface area (Å²) in [6.07, 6.45) is 3.43. The van der Waals surface area contributed by atoms with Gasteiger partial charge in [-0.3, -0.25) is 9.59 Å². The molecule has 0 saturated carbocycles. The van der Waals surface area contributed by atoms with Gasteiger partial charge in [0.05, 0.1) is 18.4 Å². The number of amides is 2. The SMILES string of the molecule is CN(CC(=O)N1CCCC1)C(=O)c1ccoc1Cl. The molecule has 2 amide bonds. The Hall–Kier alpha value is -1.49. The summed E-state index contributed by atoms with van der Waals surface area (Å²) >= 11 is 5.73. The van der Waals surface area contributed by atoms with Crippen molar-refractivity contribution in [1.29, 1.82) is 0 Å². The van der Waals surface area contributed by atoms with Crippen molar-refractivity contribution in [3.8, 4) is 0 Å². The summed E-state index contributed by atoms with van der Waals surface area (Å²) in [7, 11) is 1.58. The van der Waals surface area contributed by atoms with E-state index in [-0.39, 0.29) is 29.1 Å². The highest BCUT2D eigenvalue weighted by molar-refractivity contribution is 6.32. The molecule has 1 aliphatic rings. The molecule has 0 bridgehead atoms. The molecule has 2 rings (SSSR count). The molecule has 0 aliphatic carbocycles. The van der Waals surface area contributed by atoms with Gasteiger partial charge in [-0.1, -0.05) is 0 Å². The fourth-order valence-electron chi connectivity index (χ4n) is 1.99. The fraction of sp³-hybridized carbons (Fsp3) is 0.500. The highest BCUT2D eigenvalue weighted by Crippen LogP contribution is 2.18. The van der Waals surface area contributed by atoms with Gasteiger partial charge in [0, 0.05) is 20.1 Å². The maximum absolute atomic E-state index is 12.0. The first-order valence-electron chi connectivity index (χ1n) is 5.86. The number of nitrogens with zero attached hydrogens (tertiary/aromatic N) is 2. The average Bonchev–Trinajstić information content (AvgIpc) is 2.98. The Morgan fingerprint density at radius 3 is 2.67 bits per heavy atom. The summed E-state index contributed by atoms with van der Waals surface area (Å²) in [4.78, 5) is 27.0. The van der Waals surface area contributed by atoms with E-state index in [4.69, 9.17) is 16.0 Å². The van der Waals surface area contributed by atoms with E-state index in [0.717, 1.165) is 25.9 Å². The molecular weight excluding hydrogens is 256 g/mol. The van der Waals surface area contributed by atoms with Crippen molar-refractivity contribution >= 4 is 23.4 Å². The first-order valence-corrected chi connectivity index (χ1v) is 6.23. The smallest absolute Gasteiger partial charge is 0.258 e. The molecule has 6 heteroatoms. The number of likely N-dealkylation sites (tertiary alicyclic amines) is 1. The summed E-state index contributed by atoms with van der Waals surface area (Å²) in [5, 5.41) is 0.0560. The van der Waals surface area contributed by atoms with E-state index in [1.54, 1.807) is 11.9 Å². The first-order chi connectivity index (χ1) is 8.59. The maximum atomic E-state index is 12.0. The van der Waals surface area contributed by atoms with Crippen molar-refractivity contribution in [3.63, 3.8) is 0 Å². The lowest BCUT2D eigenvalue weighted by Gasteiger charge is -2.21. The van der Waals surface area contributed by atoms with Gasteiger partial charge in [0.15, 0.2) is 0 Å². The summed E-state index contributed by atoms with van der Waals surface area (Å²) in [6.45, 7) is 1.64. The second-order valence-corrected chi connectivity index (χ2v) is 4.70. The lowest BCUT2D eigenvalue weighted by atomic mass is 10.3. The van der Waals surface area contributed by atoms with Gasteiger partial charge in [0.1, 0.15) is 0 Å². The van der Waals surface area contributed by atoms with E-state index in [1.165, 1.54) is 17.2 Å². The molecule has 1 fully saturated rings. The van der Waals surface area contributed by atoms with Gasteiger partial charge in [-0.05, 0) is 30.5 Å². The van der Waals surface area contributed by atoms with E-state index in [9.17, 15) is 9.59 Å². The van der Waals surface area contributed by atoms with Crippen molar-refractivity contribution in [3.05, 3.63) is 23.1 Å². The summed E-state index contributed by atoms with van der Waals surface area (Å²) in [5.74, 6) is -0.329. The Morgan fingerprint density at radius 2 is 2.11 bits per heavy atom. The number of hydrogen-bond donors (Lipinski definition) is 0. The molecule has 2 heterocycles. The van der Waals surface area contributed by atoms with E-state index in [1.807, 2.05) is 0 Å². The molecule has 98 valence electrons. The van der Waals surface area contributed by atoms with Gasteiger partial charge in [-0.15, -0.1) is 0 Å². The minimum atomic E-state index is -0.304. The van der Waals surface area contributed by atoms with Gasteiger partial charge in [0.25, 0.3) is 5.91 Å². The highest BCUT2D eigenvalue weighted by Gasteiger charge is 2.23. The van der Waals surface area contributed by atoms with Crippen LogP contribution in [-0.2, 0) is 4.79 Å². The first kappa shape index (κ1) is 13.0. The van der Waals surface area contributed by atoms with Crippen LogP contribution in [-0.4, -0.2) is 48.3 Å². The molecular formula is C12H15ClN2O3. The third kappa shape index (κ3) is 2.67. The predicted octanol–water partition coefficient (Wildman–Crippen LogP) is 1.63. The van der Waals surface area contributed by atoms with E-state index in [0.29, 0.717) is 0 Å². The van der Waals surface area contributed by atoms with Gasteiger partial charge < -0.3 is 14.2 Å². The molecule has 1 saturated heterocycles. The minimum absolute atomic E-state index is 0.0250. The standard InChI is InChI=1S/C12H15ClN2O3/c1-14(8-10(16)15-5-2-3-6-15)12(17)9-4-7-18-11(9)13/h4,7H,2-3,5-6,8H2,1H3. The number of hydrogen-bond acceptors (Lipinski definition) is 3. The molecule has 0 unspecified atom stereocenters. The number of carbonyl (C=O) groups is 2. The van der Waals surface area contributed by atoms with Crippen molar-refractivity contribution < 1.29 is 14.0 Å². The summed E-state index contributed by atoms with van der Waals surface area (Å²) in [5.41, 5.74) is 0.286. The maximum Gasteiger partial charge on any atom is 0.258 e. The molecule has 0 aromatic carbocycles. The third-order valence-electron chi connectivity index (χ3n) is 3.03. The van der Waals surface area contributed by atoms with Crippen LogP contribution < -0.4 is 0 Å². The van der Waals surface area contributed by atoms with Gasteiger partial charge in [-0.25, -0.2) is 0 Å². The van der Waals surface area contributed by atoms with Crippen LogP contribution in [0.4, 0.5) is 0 Å². The molecule has 1 aromatic heterocycles. The Labute approximate surface area is 110 Å². The average molecular weight is 271 g/mol. The number of likely N-dealkylation sites (N-methyl/N-ethyl adjacent to an activating group) is 1. The lowest BCUT2D eigenvalue weighted by Crippen LogP contribution is -2.39. The minimum Gasteiger partial charge on any atom is -0.452 e. The molecule has 0 atom stereocenters. The summed E-state index contributed by atoms with van der Waals surface area (Å²) in [6, 6.07) is 1.50. The summed E-state index contributed by atoms with van der Waals surface area (Å²) < 4.78 is 4.86. The van der Waals surface area contributed by atoms with E-state index >= 15 is 0 Å². The lowest BCUT2D eigenvalue weighted by molar-refractivity contribution is -0.130. The van der Waals surface area contributed by atoms with Gasteiger partial charge >= 0.3 is 0 Å². The normalized spacial score (nSPS) is 14.9. The molecule has 0 spiro atoms. The van der Waals surface area contributed by atoms with Crippen LogP contribution in [0.5, 0.6) is 0 Å². The van der Waals surface area contributed by atoms with E-state index < -0.39 is 0 Å². The van der Waals surface area contributed by atoms with Crippen LogP contribution in [0.1, 0.15) is 23.2 Å². The Balaban J connectivity index is 1.95. The number of carbonyl (C=O) groups excluding carboxylic acids is 2. The fourth-order valence-corrected chi connectivity index (χ4v) is 2.19. The Kier molecular flexibility index (Phi) is 3.91. The van der Waals surface area contributed by atoms with Crippen LogP contribution >= 0.6 is 11.6 Å². The zero-order chi connectivity index (χ0) is 13.1. The van der Waals surface area contributed by atoms with Gasteiger partial charge in [0.2, 0.25) is 11.1 Å². The molecule has 0 N–H and O–H groups in total. The molecule has 18 heavy (non-hydrogen) atoms. The van der Waals surface area contributed by atoms with Crippen molar-refractivity contribution in [2.24, 2.45) is 0 Å². The Bertz CT molecular complexity index is 452. The quantitative estimate of drug-likeness (QED) is 0.839. The monoisotopic (exact) mass is 270 g/mol. The molecule has 5 nitrogen and oxygen atoms in total. The zero-order valence-corrected chi connectivity index (χ0v) is 10.9. The molecule has 1 aliphatic heterocycles. The van der Waals surface area contributed by atoms with Gasteiger partial charge in [-0.2, -0.15) is 0 Å². The van der Waals surface area contributed by atoms with Crippen LogP contribution in [0.3, 0.4) is 0 Å².